The molecule has 8 heteroatoms. The summed E-state index contributed by atoms with van der Waals surface area (Å²) in [5, 5.41) is 9.56. The number of hydrogen-bond donors (Lipinski definition) is 2. The first kappa shape index (κ1) is 18.8. The molecule has 0 saturated heterocycles. The lowest BCUT2D eigenvalue weighted by Crippen LogP contribution is -2.18. The van der Waals surface area contributed by atoms with Crippen LogP contribution in [0.25, 0.3) is 0 Å². The minimum atomic E-state index is -0.190. The van der Waals surface area contributed by atoms with Crippen molar-refractivity contribution in [1.29, 1.82) is 0 Å². The molecule has 0 fully saturated rings. The lowest BCUT2D eigenvalue weighted by molar-refractivity contribution is -0.115. The van der Waals surface area contributed by atoms with Crippen molar-refractivity contribution in [2.24, 2.45) is 0 Å². The molecule has 1 aliphatic rings. The highest BCUT2D eigenvalue weighted by Crippen LogP contribution is 2.26. The van der Waals surface area contributed by atoms with Gasteiger partial charge in [-0.2, -0.15) is 4.98 Å². The summed E-state index contributed by atoms with van der Waals surface area (Å²) < 4.78 is 4.98. The molecule has 2 N–H and O–H groups in total. The Labute approximate surface area is 167 Å². The largest absolute Gasteiger partial charge is 0.340 e. The number of carbonyl (C=O) groups is 2. The Morgan fingerprint density at radius 2 is 2.00 bits per heavy atom. The number of nitrogens with one attached hydrogen (secondary N) is 2. The Hall–Kier alpha value is -3.52. The summed E-state index contributed by atoms with van der Waals surface area (Å²) in [6, 6.07) is 12.9. The molecule has 0 bridgehead atoms. The monoisotopic (exact) mass is 391 g/mol. The van der Waals surface area contributed by atoms with Gasteiger partial charge in [-0.1, -0.05) is 17.3 Å². The number of nitrogens with zero attached hydrogens (tertiary/aromatic N) is 3. The van der Waals surface area contributed by atoms with Gasteiger partial charge in [0.2, 0.25) is 11.8 Å². The zero-order chi connectivity index (χ0) is 20.4. The van der Waals surface area contributed by atoms with Crippen molar-refractivity contribution < 1.29 is 14.1 Å². The first-order valence-corrected chi connectivity index (χ1v) is 9.27. The van der Waals surface area contributed by atoms with Crippen LogP contribution in [0, 0.1) is 6.92 Å². The second-order valence-electron chi connectivity index (χ2n) is 7.15. The summed E-state index contributed by atoms with van der Waals surface area (Å²) in [7, 11) is 1.97. The highest BCUT2D eigenvalue weighted by molar-refractivity contribution is 6.05. The summed E-state index contributed by atoms with van der Waals surface area (Å²) in [4.78, 5) is 30.2. The molecule has 1 aromatic heterocycles. The SMILES string of the molecule is Cc1nc(CN(C)Cc2ccc(C(=O)Nc3ccc4c(c3)CC(=O)N4)cc2)no1. The third-order valence-corrected chi connectivity index (χ3v) is 4.64. The third kappa shape index (κ3) is 4.49. The van der Waals surface area contributed by atoms with E-state index in [1.165, 1.54) is 0 Å². The molecule has 8 nitrogen and oxygen atoms in total. The van der Waals surface area contributed by atoms with E-state index >= 15 is 0 Å². The first-order chi connectivity index (χ1) is 14.0. The summed E-state index contributed by atoms with van der Waals surface area (Å²) in [5.74, 6) is 0.977. The standard InChI is InChI=1S/C21H21N5O3/c1-13-22-19(25-29-13)12-26(2)11-14-3-5-15(6-4-14)21(28)23-17-7-8-18-16(9-17)10-20(27)24-18/h3-9H,10-12H2,1-2H3,(H,23,28)(H,24,27). The van der Waals surface area contributed by atoms with Gasteiger partial charge in [-0.3, -0.25) is 14.5 Å². The van der Waals surface area contributed by atoms with Crippen LogP contribution < -0.4 is 10.6 Å². The fourth-order valence-electron chi connectivity index (χ4n) is 3.29. The molecule has 0 saturated carbocycles. The first-order valence-electron chi connectivity index (χ1n) is 9.27. The number of aromatic nitrogens is 2. The van der Waals surface area contributed by atoms with Crippen molar-refractivity contribution >= 4 is 23.2 Å². The number of aryl methyl sites for hydroxylation is 1. The molecule has 0 spiro atoms. The lowest BCUT2D eigenvalue weighted by atomic mass is 10.1. The normalized spacial score (nSPS) is 12.7. The van der Waals surface area contributed by atoms with E-state index in [1.54, 1.807) is 31.2 Å². The van der Waals surface area contributed by atoms with E-state index < -0.39 is 0 Å². The minimum absolute atomic E-state index is 0.0292. The molecule has 0 atom stereocenters. The van der Waals surface area contributed by atoms with Crippen LogP contribution in [0.1, 0.15) is 33.2 Å². The molecule has 29 heavy (non-hydrogen) atoms. The van der Waals surface area contributed by atoms with Gasteiger partial charge in [0.25, 0.3) is 5.91 Å². The number of rotatable bonds is 6. The molecule has 1 aliphatic heterocycles. The number of fused-ring (bicyclic) bond motifs is 1. The van der Waals surface area contributed by atoms with Crippen LogP contribution in [-0.2, 0) is 24.3 Å². The van der Waals surface area contributed by atoms with Crippen molar-refractivity contribution in [2.45, 2.75) is 26.4 Å². The Morgan fingerprint density at radius 1 is 1.21 bits per heavy atom. The van der Waals surface area contributed by atoms with Gasteiger partial charge in [0.15, 0.2) is 5.82 Å². The molecular weight excluding hydrogens is 370 g/mol. The van der Waals surface area contributed by atoms with Crippen molar-refractivity contribution in [1.82, 2.24) is 15.0 Å². The summed E-state index contributed by atoms with van der Waals surface area (Å²) in [6.45, 7) is 3.04. The van der Waals surface area contributed by atoms with E-state index in [9.17, 15) is 9.59 Å². The van der Waals surface area contributed by atoms with Crippen molar-refractivity contribution in [3.8, 4) is 0 Å². The average molecular weight is 391 g/mol. The van der Waals surface area contributed by atoms with E-state index in [4.69, 9.17) is 4.52 Å². The molecule has 2 heterocycles. The van der Waals surface area contributed by atoms with E-state index in [0.29, 0.717) is 42.5 Å². The van der Waals surface area contributed by atoms with Crippen LogP contribution in [-0.4, -0.2) is 33.9 Å². The third-order valence-electron chi connectivity index (χ3n) is 4.64. The van der Waals surface area contributed by atoms with Crippen LogP contribution >= 0.6 is 0 Å². The van der Waals surface area contributed by atoms with Crippen molar-refractivity contribution in [3.63, 3.8) is 0 Å². The maximum absolute atomic E-state index is 12.5. The van der Waals surface area contributed by atoms with Gasteiger partial charge in [0, 0.05) is 30.4 Å². The molecule has 3 aromatic rings. The number of benzene rings is 2. The quantitative estimate of drug-likeness (QED) is 0.670. The predicted octanol–water partition coefficient (Wildman–Crippen LogP) is 2.76. The number of hydrogen-bond acceptors (Lipinski definition) is 6. The Kier molecular flexibility index (Phi) is 5.09. The van der Waals surface area contributed by atoms with Gasteiger partial charge in [0.1, 0.15) is 0 Å². The van der Waals surface area contributed by atoms with Crippen LogP contribution in [0.15, 0.2) is 47.0 Å². The summed E-state index contributed by atoms with van der Waals surface area (Å²) in [6.07, 6.45) is 0.338. The van der Waals surface area contributed by atoms with Gasteiger partial charge >= 0.3 is 0 Å². The zero-order valence-electron chi connectivity index (χ0n) is 16.2. The summed E-state index contributed by atoms with van der Waals surface area (Å²) in [5.41, 5.74) is 4.01. The van der Waals surface area contributed by atoms with Crippen LogP contribution in [0.5, 0.6) is 0 Å². The molecule has 148 valence electrons. The van der Waals surface area contributed by atoms with Gasteiger partial charge in [-0.15, -0.1) is 0 Å². The Balaban J connectivity index is 1.35. The van der Waals surface area contributed by atoms with E-state index in [0.717, 1.165) is 16.8 Å². The molecule has 4 rings (SSSR count). The van der Waals surface area contributed by atoms with Crippen molar-refractivity contribution in [3.05, 3.63) is 70.9 Å². The van der Waals surface area contributed by atoms with E-state index in [1.807, 2.05) is 25.2 Å². The molecular formula is C21H21N5O3. The predicted molar refractivity (Wildman–Crippen MR) is 107 cm³/mol. The fourth-order valence-corrected chi connectivity index (χ4v) is 3.29. The van der Waals surface area contributed by atoms with Gasteiger partial charge in [-0.25, -0.2) is 0 Å². The second kappa shape index (κ2) is 7.84. The Bertz CT molecular complexity index is 1060. The minimum Gasteiger partial charge on any atom is -0.340 e. The topological polar surface area (TPSA) is 100 Å². The van der Waals surface area contributed by atoms with E-state index in [-0.39, 0.29) is 11.8 Å². The maximum Gasteiger partial charge on any atom is 0.255 e. The average Bonchev–Trinajstić information content (AvgIpc) is 3.25. The lowest BCUT2D eigenvalue weighted by Gasteiger charge is -2.14. The van der Waals surface area contributed by atoms with Gasteiger partial charge in [0.05, 0.1) is 13.0 Å². The van der Waals surface area contributed by atoms with Gasteiger partial charge in [-0.05, 0) is 48.5 Å². The van der Waals surface area contributed by atoms with E-state index in [2.05, 4.69) is 25.7 Å². The zero-order valence-corrected chi connectivity index (χ0v) is 16.2. The highest BCUT2D eigenvalue weighted by Gasteiger charge is 2.18. The molecule has 2 aromatic carbocycles. The Morgan fingerprint density at radius 3 is 2.72 bits per heavy atom. The summed E-state index contributed by atoms with van der Waals surface area (Å²) >= 11 is 0. The number of anilines is 2. The number of carbonyl (C=O) groups excluding carboxylic acids is 2. The highest BCUT2D eigenvalue weighted by atomic mass is 16.5. The van der Waals surface area contributed by atoms with Crippen molar-refractivity contribution in [2.75, 3.05) is 17.7 Å². The second-order valence-corrected chi connectivity index (χ2v) is 7.15. The maximum atomic E-state index is 12.5. The molecule has 2 amide bonds. The van der Waals surface area contributed by atoms with Gasteiger partial charge < -0.3 is 15.2 Å². The molecule has 0 aliphatic carbocycles. The van der Waals surface area contributed by atoms with Crippen LogP contribution in [0.4, 0.5) is 11.4 Å². The number of amides is 2. The molecule has 0 unspecified atom stereocenters. The molecule has 0 radical (unpaired) electrons. The van der Waals surface area contributed by atoms with Crippen LogP contribution in [0.3, 0.4) is 0 Å². The smallest absolute Gasteiger partial charge is 0.255 e. The van der Waals surface area contributed by atoms with Crippen LogP contribution in [0.2, 0.25) is 0 Å². The fraction of sp³-hybridized carbons (Fsp3) is 0.238.